The zero-order valence-corrected chi connectivity index (χ0v) is 25.9. The Balaban J connectivity index is 1.40. The summed E-state index contributed by atoms with van der Waals surface area (Å²) in [5, 5.41) is 2.88. The molecule has 0 aliphatic carbocycles. The van der Waals surface area contributed by atoms with E-state index in [1.54, 1.807) is 30.3 Å². The van der Waals surface area contributed by atoms with Gasteiger partial charge in [-0.2, -0.15) is 0 Å². The summed E-state index contributed by atoms with van der Waals surface area (Å²) in [6.45, 7) is 2.44. The van der Waals surface area contributed by atoms with Crippen molar-refractivity contribution in [3.8, 4) is 11.5 Å². The van der Waals surface area contributed by atoms with Crippen LogP contribution in [-0.4, -0.2) is 35.1 Å². The summed E-state index contributed by atoms with van der Waals surface area (Å²) >= 11 is 11.1. The maximum Gasteiger partial charge on any atom is 0.294 e. The van der Waals surface area contributed by atoms with Crippen molar-refractivity contribution in [1.29, 1.82) is 0 Å². The molecule has 1 heterocycles. The zero-order valence-electron chi connectivity index (χ0n) is 20.0. The Morgan fingerprint density at radius 1 is 1.03 bits per heavy atom. The third kappa shape index (κ3) is 7.42. The minimum Gasteiger partial charge on any atom is -0.494 e. The topological polar surface area (TPSA) is 84.9 Å². The van der Waals surface area contributed by atoms with Crippen molar-refractivity contribution < 1.29 is 23.9 Å². The average Bonchev–Trinajstić information content (AvgIpc) is 3.13. The third-order valence-electron chi connectivity index (χ3n) is 5.24. The molecule has 3 aromatic rings. The number of nitrogens with zero attached hydrogens (tertiary/aromatic N) is 1. The first kappa shape index (κ1) is 28.7. The molecule has 0 bridgehead atoms. The van der Waals surface area contributed by atoms with Crippen LogP contribution in [0.4, 0.5) is 10.5 Å². The fourth-order valence-electron chi connectivity index (χ4n) is 3.47. The van der Waals surface area contributed by atoms with E-state index in [1.807, 2.05) is 43.3 Å². The van der Waals surface area contributed by atoms with Crippen LogP contribution in [-0.2, 0) is 16.2 Å². The highest BCUT2D eigenvalue weighted by molar-refractivity contribution is 14.1. The summed E-state index contributed by atoms with van der Waals surface area (Å²) in [6, 6.07) is 18.1. The molecule has 0 saturated carbocycles. The van der Waals surface area contributed by atoms with E-state index >= 15 is 0 Å². The van der Waals surface area contributed by atoms with Gasteiger partial charge in [0.2, 0.25) is 5.91 Å². The van der Waals surface area contributed by atoms with Crippen LogP contribution in [0.5, 0.6) is 11.5 Å². The number of rotatable bonds is 9. The van der Waals surface area contributed by atoms with Gasteiger partial charge in [0.25, 0.3) is 11.1 Å². The predicted molar refractivity (Wildman–Crippen MR) is 167 cm³/mol. The summed E-state index contributed by atoms with van der Waals surface area (Å²) < 4.78 is 13.1. The molecule has 4 rings (SSSR count). The maximum absolute atomic E-state index is 12.9. The van der Waals surface area contributed by atoms with Crippen LogP contribution >= 0.6 is 68.5 Å². The normalized spacial score (nSPS) is 14.2. The van der Waals surface area contributed by atoms with E-state index < -0.39 is 17.1 Å². The van der Waals surface area contributed by atoms with Crippen LogP contribution < -0.4 is 14.8 Å². The largest absolute Gasteiger partial charge is 0.494 e. The molecule has 1 fully saturated rings. The van der Waals surface area contributed by atoms with Gasteiger partial charge in [-0.3, -0.25) is 19.3 Å². The molecule has 7 nitrogen and oxygen atoms in total. The molecule has 1 saturated heterocycles. The fraction of sp³-hybridized carbons (Fsp3) is 0.148. The average molecular weight is 775 g/mol. The lowest BCUT2D eigenvalue weighted by atomic mass is 10.2. The number of nitrogens with one attached hydrogen (secondary N) is 1. The first-order valence-electron chi connectivity index (χ1n) is 11.4. The predicted octanol–water partition coefficient (Wildman–Crippen LogP) is 7.20. The molecule has 0 unspecified atom stereocenters. The van der Waals surface area contributed by atoms with Gasteiger partial charge in [0.15, 0.2) is 0 Å². The minimum atomic E-state index is -0.505. The van der Waals surface area contributed by atoms with Gasteiger partial charge in [0, 0.05) is 10.7 Å². The van der Waals surface area contributed by atoms with E-state index in [1.165, 1.54) is 0 Å². The van der Waals surface area contributed by atoms with Crippen molar-refractivity contribution in [2.24, 2.45) is 0 Å². The number of carbonyl (C=O) groups is 3. The number of carbonyl (C=O) groups excluding carboxylic acids is 3. The van der Waals surface area contributed by atoms with Crippen molar-refractivity contribution in [1.82, 2.24) is 4.90 Å². The fourth-order valence-corrected chi connectivity index (χ4v) is 6.56. The molecule has 1 aliphatic rings. The number of halogens is 3. The summed E-state index contributed by atoms with van der Waals surface area (Å²) in [5.41, 5.74) is 2.29. The van der Waals surface area contributed by atoms with Crippen molar-refractivity contribution in [2.45, 2.75) is 13.5 Å². The van der Waals surface area contributed by atoms with Gasteiger partial charge in [-0.15, -0.1) is 0 Å². The zero-order chi connectivity index (χ0) is 27.2. The molecule has 1 N–H and O–H groups in total. The number of benzene rings is 3. The third-order valence-corrected chi connectivity index (χ3v) is 8.00. The molecule has 0 aromatic heterocycles. The summed E-state index contributed by atoms with van der Waals surface area (Å²) in [6.07, 6.45) is 1.66. The number of hydrogen-bond acceptors (Lipinski definition) is 6. The smallest absolute Gasteiger partial charge is 0.294 e. The highest BCUT2D eigenvalue weighted by Gasteiger charge is 2.36. The van der Waals surface area contributed by atoms with E-state index in [9.17, 15) is 14.4 Å². The molecule has 196 valence electrons. The second-order valence-corrected chi connectivity index (χ2v) is 11.8. The Morgan fingerprint density at radius 3 is 2.32 bits per heavy atom. The quantitative estimate of drug-likeness (QED) is 0.183. The van der Waals surface area contributed by atoms with Crippen LogP contribution in [0.15, 0.2) is 65.6 Å². The Morgan fingerprint density at radius 2 is 1.68 bits per heavy atom. The van der Waals surface area contributed by atoms with E-state index in [-0.39, 0.29) is 11.4 Å². The van der Waals surface area contributed by atoms with E-state index in [0.29, 0.717) is 29.7 Å². The van der Waals surface area contributed by atoms with E-state index in [2.05, 4.69) is 50.5 Å². The Kier molecular flexibility index (Phi) is 9.96. The number of ether oxygens (including phenoxy) is 2. The molecule has 3 amide bonds. The highest BCUT2D eigenvalue weighted by Crippen LogP contribution is 2.35. The van der Waals surface area contributed by atoms with Crippen LogP contribution in [0.2, 0.25) is 5.02 Å². The molecule has 0 radical (unpaired) electrons. The lowest BCUT2D eigenvalue weighted by Crippen LogP contribution is -2.36. The van der Waals surface area contributed by atoms with Crippen molar-refractivity contribution in [3.05, 3.63) is 88.9 Å². The first-order chi connectivity index (χ1) is 18.2. The molecular weight excluding hydrogens is 754 g/mol. The van der Waals surface area contributed by atoms with Crippen molar-refractivity contribution >= 4 is 97.4 Å². The van der Waals surface area contributed by atoms with Crippen molar-refractivity contribution in [3.63, 3.8) is 0 Å². The highest BCUT2D eigenvalue weighted by atomic mass is 127. The van der Waals surface area contributed by atoms with Gasteiger partial charge >= 0.3 is 0 Å². The summed E-state index contributed by atoms with van der Waals surface area (Å²) in [5.74, 6) is 0.448. The maximum atomic E-state index is 12.9. The molecule has 38 heavy (non-hydrogen) atoms. The van der Waals surface area contributed by atoms with Gasteiger partial charge in [-0.1, -0.05) is 23.7 Å². The number of thioether (sulfide) groups is 1. The number of anilines is 1. The summed E-state index contributed by atoms with van der Waals surface area (Å²) in [4.78, 5) is 39.1. The van der Waals surface area contributed by atoms with E-state index in [4.69, 9.17) is 21.1 Å². The standard InChI is InChI=1S/C27H21ClI2N2O5S/c1-2-36-20-9-7-19(8-10-20)31-24(33)14-32-26(34)23(38-27(32)35)13-17-11-21(29)25(22(30)12-17)37-15-16-3-5-18(28)6-4-16/h3-13H,2,14-15H2,1H3,(H,31,33)/b23-13+. The lowest BCUT2D eigenvalue weighted by Gasteiger charge is -2.13. The Labute approximate surface area is 256 Å². The summed E-state index contributed by atoms with van der Waals surface area (Å²) in [7, 11) is 0. The second-order valence-electron chi connectivity index (χ2n) is 8.00. The van der Waals surface area contributed by atoms with Crippen LogP contribution in [0, 0.1) is 7.14 Å². The Hall–Kier alpha value is -2.29. The van der Waals surface area contributed by atoms with Crippen molar-refractivity contribution in [2.75, 3.05) is 18.5 Å². The number of amides is 3. The SMILES string of the molecule is CCOc1ccc(NC(=O)CN2C(=O)S/C(=C/c3cc(I)c(OCc4ccc(Cl)cc4)c(I)c3)C2=O)cc1. The lowest BCUT2D eigenvalue weighted by molar-refractivity contribution is -0.127. The molecular formula is C27H21ClI2N2O5S. The monoisotopic (exact) mass is 774 g/mol. The van der Waals surface area contributed by atoms with Gasteiger partial charge in [0.05, 0.1) is 18.7 Å². The molecule has 0 atom stereocenters. The van der Waals surface area contributed by atoms with Gasteiger partial charge in [-0.05, 0) is 130 Å². The number of imide groups is 1. The minimum absolute atomic E-state index is 0.255. The van der Waals surface area contributed by atoms with Gasteiger partial charge < -0.3 is 14.8 Å². The Bertz CT molecular complexity index is 1370. The number of hydrogen-bond donors (Lipinski definition) is 1. The van der Waals surface area contributed by atoms with Crippen LogP contribution in [0.1, 0.15) is 18.1 Å². The molecule has 11 heteroatoms. The molecule has 3 aromatic carbocycles. The second kappa shape index (κ2) is 13.2. The van der Waals surface area contributed by atoms with Gasteiger partial charge in [-0.25, -0.2) is 0 Å². The van der Waals surface area contributed by atoms with Gasteiger partial charge in [0.1, 0.15) is 24.7 Å². The van der Waals surface area contributed by atoms with Crippen LogP contribution in [0.3, 0.4) is 0 Å². The molecule has 0 spiro atoms. The van der Waals surface area contributed by atoms with Crippen LogP contribution in [0.25, 0.3) is 6.08 Å². The van der Waals surface area contributed by atoms with E-state index in [0.717, 1.165) is 40.7 Å². The molecule has 1 aliphatic heterocycles. The first-order valence-corrected chi connectivity index (χ1v) is 14.7.